The predicted octanol–water partition coefficient (Wildman–Crippen LogP) is 3.78. The molecule has 4 heteroatoms. The molecule has 2 saturated carbocycles. The molecule has 5 rings (SSSR count). The molecule has 0 unspecified atom stereocenters. The van der Waals surface area contributed by atoms with Gasteiger partial charge in [0.1, 0.15) is 5.82 Å². The number of aliphatic hydroxyl groups excluding tert-OH is 1. The zero-order valence-electron chi connectivity index (χ0n) is 15.8. The smallest absolute Gasteiger partial charge is 0.107 e. The molecule has 2 aliphatic carbocycles. The van der Waals surface area contributed by atoms with Crippen molar-refractivity contribution in [3.8, 4) is 0 Å². The van der Waals surface area contributed by atoms with Crippen molar-refractivity contribution in [1.82, 2.24) is 14.5 Å². The molecule has 3 fully saturated rings. The predicted molar refractivity (Wildman–Crippen MR) is 104 cm³/mol. The Morgan fingerprint density at radius 1 is 1.08 bits per heavy atom. The maximum atomic E-state index is 11.0. The van der Waals surface area contributed by atoms with Gasteiger partial charge in [-0.15, -0.1) is 0 Å². The van der Waals surface area contributed by atoms with Crippen molar-refractivity contribution in [1.29, 1.82) is 0 Å². The van der Waals surface area contributed by atoms with Gasteiger partial charge >= 0.3 is 0 Å². The number of rotatable bonds is 3. The number of likely N-dealkylation sites (tertiary alicyclic amines) is 1. The first kappa shape index (κ1) is 16.8. The van der Waals surface area contributed by atoms with Crippen LogP contribution in [0.15, 0.2) is 24.3 Å². The highest BCUT2D eigenvalue weighted by atomic mass is 16.3. The number of fused-ring (bicyclic) bond motifs is 2. The number of imidazole rings is 1. The summed E-state index contributed by atoms with van der Waals surface area (Å²) < 4.78 is 2.32. The Hall–Kier alpha value is -1.39. The number of para-hydroxylation sites is 2. The van der Waals surface area contributed by atoms with E-state index in [1.807, 2.05) is 6.07 Å². The number of aryl methyl sites for hydroxylation is 1. The molecular weight excluding hydrogens is 322 g/mol. The highest BCUT2D eigenvalue weighted by Crippen LogP contribution is 2.43. The number of hydrogen-bond acceptors (Lipinski definition) is 3. The van der Waals surface area contributed by atoms with Crippen molar-refractivity contribution in [2.45, 2.75) is 57.6 Å². The highest BCUT2D eigenvalue weighted by Gasteiger charge is 2.43. The summed E-state index contributed by atoms with van der Waals surface area (Å²) in [6.45, 7) is 5.81. The quantitative estimate of drug-likeness (QED) is 0.913. The van der Waals surface area contributed by atoms with E-state index < -0.39 is 0 Å². The van der Waals surface area contributed by atoms with Crippen LogP contribution >= 0.6 is 0 Å². The molecule has 2 aromatic rings. The highest BCUT2D eigenvalue weighted by molar-refractivity contribution is 5.76. The third-order valence-electron chi connectivity index (χ3n) is 7.28. The molecule has 4 atom stereocenters. The Morgan fingerprint density at radius 3 is 2.62 bits per heavy atom. The fourth-order valence-electron chi connectivity index (χ4n) is 6.07. The molecule has 1 N–H and O–H groups in total. The summed E-state index contributed by atoms with van der Waals surface area (Å²) in [4.78, 5) is 7.44. The third-order valence-corrected chi connectivity index (χ3v) is 7.28. The molecule has 0 radical (unpaired) electrons. The largest absolute Gasteiger partial charge is 0.391 e. The van der Waals surface area contributed by atoms with E-state index in [-0.39, 0.29) is 12.1 Å². The standard InChI is InChI=1S/C22H31N3O/c1-15-23-19-8-4-5-9-20(19)25(15)21-10-17-13-24(12-16-6-2-3-7-16)14-18(17)11-22(21)26/h4-5,8-9,16-18,21-22,26H,2-3,6-7,10-14H2,1H3/t17-,18+,21-,22-/m0/s1. The number of aromatic nitrogens is 2. The molecular formula is C22H31N3O. The van der Waals surface area contributed by atoms with Crippen molar-refractivity contribution in [3.05, 3.63) is 30.1 Å². The van der Waals surface area contributed by atoms with E-state index in [0.29, 0.717) is 5.92 Å². The van der Waals surface area contributed by atoms with Crippen molar-refractivity contribution in [2.24, 2.45) is 17.8 Å². The first-order valence-corrected chi connectivity index (χ1v) is 10.5. The van der Waals surface area contributed by atoms with Crippen LogP contribution in [0.1, 0.15) is 50.4 Å². The van der Waals surface area contributed by atoms with Gasteiger partial charge in [0.05, 0.1) is 23.2 Å². The molecule has 0 bridgehead atoms. The normalized spacial score (nSPS) is 33.2. The van der Waals surface area contributed by atoms with Crippen LogP contribution < -0.4 is 0 Å². The van der Waals surface area contributed by atoms with Gasteiger partial charge in [-0.25, -0.2) is 4.98 Å². The summed E-state index contributed by atoms with van der Waals surface area (Å²) in [5, 5.41) is 11.0. The fourth-order valence-corrected chi connectivity index (χ4v) is 6.07. The summed E-state index contributed by atoms with van der Waals surface area (Å²) in [6.07, 6.45) is 7.50. The maximum absolute atomic E-state index is 11.0. The van der Waals surface area contributed by atoms with Gasteiger partial charge in [-0.05, 0) is 62.5 Å². The van der Waals surface area contributed by atoms with Crippen LogP contribution in [-0.4, -0.2) is 45.3 Å². The van der Waals surface area contributed by atoms with Crippen molar-refractivity contribution in [2.75, 3.05) is 19.6 Å². The second kappa shape index (κ2) is 6.65. The lowest BCUT2D eigenvalue weighted by molar-refractivity contribution is 0.0366. The lowest BCUT2D eigenvalue weighted by Crippen LogP contribution is -2.36. The van der Waals surface area contributed by atoms with Crippen LogP contribution in [0.5, 0.6) is 0 Å². The second-order valence-corrected chi connectivity index (χ2v) is 9.01. The number of nitrogens with zero attached hydrogens (tertiary/aromatic N) is 3. The van der Waals surface area contributed by atoms with Crippen molar-refractivity contribution < 1.29 is 5.11 Å². The van der Waals surface area contributed by atoms with E-state index in [9.17, 15) is 5.11 Å². The molecule has 1 aromatic heterocycles. The van der Waals surface area contributed by atoms with Gasteiger partial charge in [-0.2, -0.15) is 0 Å². The van der Waals surface area contributed by atoms with E-state index in [0.717, 1.165) is 36.0 Å². The fraction of sp³-hybridized carbons (Fsp3) is 0.682. The third kappa shape index (κ3) is 2.87. The first-order valence-electron chi connectivity index (χ1n) is 10.5. The van der Waals surface area contributed by atoms with Gasteiger partial charge in [-0.1, -0.05) is 25.0 Å². The summed E-state index contributed by atoms with van der Waals surface area (Å²) in [6, 6.07) is 8.53. The van der Waals surface area contributed by atoms with Crippen LogP contribution in [0, 0.1) is 24.7 Å². The summed E-state index contributed by atoms with van der Waals surface area (Å²) >= 11 is 0. The second-order valence-electron chi connectivity index (χ2n) is 9.01. The summed E-state index contributed by atoms with van der Waals surface area (Å²) in [5.41, 5.74) is 2.22. The van der Waals surface area contributed by atoms with Gasteiger partial charge in [0.2, 0.25) is 0 Å². The molecule has 2 heterocycles. The molecule has 26 heavy (non-hydrogen) atoms. The zero-order chi connectivity index (χ0) is 17.7. The minimum absolute atomic E-state index is 0.176. The average Bonchev–Trinajstić information content (AvgIpc) is 3.32. The van der Waals surface area contributed by atoms with E-state index in [1.54, 1.807) is 0 Å². The van der Waals surface area contributed by atoms with Gasteiger partial charge in [0.15, 0.2) is 0 Å². The lowest BCUT2D eigenvalue weighted by atomic mass is 9.77. The van der Waals surface area contributed by atoms with Gasteiger partial charge in [-0.3, -0.25) is 0 Å². The molecule has 140 valence electrons. The van der Waals surface area contributed by atoms with E-state index in [4.69, 9.17) is 4.98 Å². The molecule has 0 amide bonds. The lowest BCUT2D eigenvalue weighted by Gasteiger charge is -2.36. The number of aliphatic hydroxyl groups is 1. The minimum atomic E-state index is -0.251. The average molecular weight is 354 g/mol. The number of benzene rings is 1. The van der Waals surface area contributed by atoms with Crippen LogP contribution in [-0.2, 0) is 0 Å². The van der Waals surface area contributed by atoms with Crippen LogP contribution in [0.3, 0.4) is 0 Å². The molecule has 3 aliphatic rings. The maximum Gasteiger partial charge on any atom is 0.107 e. The molecule has 1 aliphatic heterocycles. The SMILES string of the molecule is Cc1nc2ccccc2n1[C@H]1C[C@H]2CN(CC3CCCC3)C[C@H]2C[C@@H]1O. The zero-order valence-corrected chi connectivity index (χ0v) is 15.8. The van der Waals surface area contributed by atoms with Gasteiger partial charge in [0.25, 0.3) is 0 Å². The van der Waals surface area contributed by atoms with Crippen LogP contribution in [0.4, 0.5) is 0 Å². The molecule has 1 saturated heterocycles. The Morgan fingerprint density at radius 2 is 1.81 bits per heavy atom. The van der Waals surface area contributed by atoms with Crippen LogP contribution in [0.2, 0.25) is 0 Å². The van der Waals surface area contributed by atoms with E-state index >= 15 is 0 Å². The topological polar surface area (TPSA) is 41.3 Å². The Kier molecular flexibility index (Phi) is 4.29. The molecule has 1 aromatic carbocycles. The van der Waals surface area contributed by atoms with Gasteiger partial charge in [0, 0.05) is 19.6 Å². The minimum Gasteiger partial charge on any atom is -0.391 e. The van der Waals surface area contributed by atoms with E-state index in [1.165, 1.54) is 50.8 Å². The monoisotopic (exact) mass is 353 g/mol. The van der Waals surface area contributed by atoms with Crippen LogP contribution in [0.25, 0.3) is 11.0 Å². The first-order chi connectivity index (χ1) is 12.7. The Balaban J connectivity index is 1.35. The van der Waals surface area contributed by atoms with Crippen molar-refractivity contribution >= 4 is 11.0 Å². The van der Waals surface area contributed by atoms with Crippen molar-refractivity contribution in [3.63, 3.8) is 0 Å². The Labute approximate surface area is 156 Å². The Bertz CT molecular complexity index is 779. The van der Waals surface area contributed by atoms with E-state index in [2.05, 4.69) is 34.6 Å². The molecule has 4 nitrogen and oxygen atoms in total. The van der Waals surface area contributed by atoms with Gasteiger partial charge < -0.3 is 14.6 Å². The summed E-state index contributed by atoms with van der Waals surface area (Å²) in [7, 11) is 0. The number of hydrogen-bond donors (Lipinski definition) is 1. The summed E-state index contributed by atoms with van der Waals surface area (Å²) in [5.74, 6) is 3.37. The molecule has 0 spiro atoms.